The van der Waals surface area contributed by atoms with E-state index in [0.29, 0.717) is 17.9 Å². The van der Waals surface area contributed by atoms with Crippen molar-refractivity contribution in [2.45, 2.75) is 44.2 Å². The zero-order chi connectivity index (χ0) is 21.5. The van der Waals surface area contributed by atoms with Gasteiger partial charge in [0, 0.05) is 6.61 Å². The number of carbonyl (C=O) groups is 1. The van der Waals surface area contributed by atoms with Crippen molar-refractivity contribution < 1.29 is 39.1 Å². The van der Waals surface area contributed by atoms with Gasteiger partial charge in [0.15, 0.2) is 6.29 Å². The number of carbonyl (C=O) groups excluding carboxylic acids is 1. The molecule has 1 unspecified atom stereocenters. The van der Waals surface area contributed by atoms with Gasteiger partial charge in [0.1, 0.15) is 43.4 Å². The summed E-state index contributed by atoms with van der Waals surface area (Å²) in [4.78, 5) is 12.3. The lowest BCUT2D eigenvalue weighted by Gasteiger charge is -2.39. The fraction of sp³-hybridized carbons (Fsp3) is 0.409. The van der Waals surface area contributed by atoms with Gasteiger partial charge in [-0.15, -0.1) is 0 Å². The van der Waals surface area contributed by atoms with Crippen LogP contribution in [0.2, 0.25) is 0 Å². The Balaban J connectivity index is 1.50. The second kappa shape index (κ2) is 10.5. The number of hydrogen-bond donors (Lipinski definition) is 3. The maximum Gasteiger partial charge on any atom is 0.338 e. The lowest BCUT2D eigenvalue weighted by molar-refractivity contribution is -0.295. The maximum absolute atomic E-state index is 12.3. The molecule has 3 N–H and O–H groups in total. The van der Waals surface area contributed by atoms with E-state index < -0.39 is 36.7 Å². The first kappa shape index (κ1) is 22.2. The SMILES string of the molecule is CCO[C@H]1C(O)O[C@H](COC(=O)c2ccc(OCc3ccccc3)cc2)[C@@H](O)[C@@H]1O. The molecule has 0 amide bonds. The Bertz CT molecular complexity index is 795. The summed E-state index contributed by atoms with van der Waals surface area (Å²) in [6, 6.07) is 16.2. The minimum absolute atomic E-state index is 0.236. The molecule has 2 aromatic carbocycles. The highest BCUT2D eigenvalue weighted by Crippen LogP contribution is 2.23. The Morgan fingerprint density at radius 3 is 2.37 bits per heavy atom. The summed E-state index contributed by atoms with van der Waals surface area (Å²) in [6.07, 6.45) is -6.32. The van der Waals surface area contributed by atoms with Gasteiger partial charge in [-0.1, -0.05) is 30.3 Å². The van der Waals surface area contributed by atoms with Crippen LogP contribution in [0.3, 0.4) is 0 Å². The minimum Gasteiger partial charge on any atom is -0.489 e. The molecule has 1 saturated heterocycles. The molecule has 1 heterocycles. The molecule has 1 aliphatic rings. The van der Waals surface area contributed by atoms with E-state index in [2.05, 4.69) is 0 Å². The fourth-order valence-electron chi connectivity index (χ4n) is 3.10. The van der Waals surface area contributed by atoms with Gasteiger partial charge in [-0.05, 0) is 36.8 Å². The molecule has 1 fully saturated rings. The molecule has 2 aromatic rings. The van der Waals surface area contributed by atoms with E-state index >= 15 is 0 Å². The van der Waals surface area contributed by atoms with Crippen LogP contribution in [0.25, 0.3) is 0 Å². The molecule has 8 nitrogen and oxygen atoms in total. The molecular formula is C22H26O8. The second-order valence-corrected chi connectivity index (χ2v) is 6.86. The minimum atomic E-state index is -1.44. The Morgan fingerprint density at radius 2 is 1.70 bits per heavy atom. The Labute approximate surface area is 174 Å². The molecule has 5 atom stereocenters. The third kappa shape index (κ3) is 5.56. The van der Waals surface area contributed by atoms with Crippen LogP contribution in [-0.4, -0.2) is 65.2 Å². The largest absolute Gasteiger partial charge is 0.489 e. The number of esters is 1. The Morgan fingerprint density at radius 1 is 1.00 bits per heavy atom. The van der Waals surface area contributed by atoms with Crippen molar-refractivity contribution in [2.24, 2.45) is 0 Å². The summed E-state index contributed by atoms with van der Waals surface area (Å²) in [7, 11) is 0. The zero-order valence-electron chi connectivity index (χ0n) is 16.6. The molecule has 30 heavy (non-hydrogen) atoms. The summed E-state index contributed by atoms with van der Waals surface area (Å²) >= 11 is 0. The van der Waals surface area contributed by atoms with Crippen molar-refractivity contribution in [1.29, 1.82) is 0 Å². The summed E-state index contributed by atoms with van der Waals surface area (Å²) < 4.78 is 21.3. The van der Waals surface area contributed by atoms with Crippen LogP contribution in [0, 0.1) is 0 Å². The monoisotopic (exact) mass is 418 g/mol. The third-order valence-electron chi connectivity index (χ3n) is 4.74. The van der Waals surface area contributed by atoms with Gasteiger partial charge in [0.2, 0.25) is 0 Å². The van der Waals surface area contributed by atoms with E-state index in [1.54, 1.807) is 31.2 Å². The average Bonchev–Trinajstić information content (AvgIpc) is 2.77. The number of aliphatic hydroxyl groups excluding tert-OH is 3. The highest BCUT2D eigenvalue weighted by Gasteiger charge is 2.44. The predicted octanol–water partition coefficient (Wildman–Crippen LogP) is 1.27. The molecule has 162 valence electrons. The molecule has 0 saturated carbocycles. The molecule has 0 bridgehead atoms. The van der Waals surface area contributed by atoms with Gasteiger partial charge < -0.3 is 34.3 Å². The molecule has 1 aliphatic heterocycles. The van der Waals surface area contributed by atoms with Crippen LogP contribution in [0.5, 0.6) is 5.75 Å². The molecule has 0 radical (unpaired) electrons. The van der Waals surface area contributed by atoms with Crippen LogP contribution >= 0.6 is 0 Å². The summed E-state index contributed by atoms with van der Waals surface area (Å²) in [5.74, 6) is -0.0222. The zero-order valence-corrected chi connectivity index (χ0v) is 16.6. The van der Waals surface area contributed by atoms with E-state index in [4.69, 9.17) is 18.9 Å². The Kier molecular flexibility index (Phi) is 7.78. The highest BCUT2D eigenvalue weighted by molar-refractivity contribution is 5.89. The van der Waals surface area contributed by atoms with Crippen molar-refractivity contribution in [3.63, 3.8) is 0 Å². The number of rotatable bonds is 8. The van der Waals surface area contributed by atoms with E-state index in [9.17, 15) is 20.1 Å². The number of aliphatic hydroxyl groups is 3. The van der Waals surface area contributed by atoms with Gasteiger partial charge in [0.25, 0.3) is 0 Å². The molecule has 0 spiro atoms. The lowest BCUT2D eigenvalue weighted by Crippen LogP contribution is -2.59. The normalized spacial score (nSPS) is 26.2. The van der Waals surface area contributed by atoms with Crippen molar-refractivity contribution >= 4 is 5.97 Å². The summed E-state index contributed by atoms with van der Waals surface area (Å²) in [6.45, 7) is 2.01. The second-order valence-electron chi connectivity index (χ2n) is 6.86. The van der Waals surface area contributed by atoms with Crippen molar-refractivity contribution in [2.75, 3.05) is 13.2 Å². The standard InChI is InChI=1S/C22H26O8/c1-2-27-20-19(24)18(23)17(30-22(20)26)13-29-21(25)15-8-10-16(11-9-15)28-12-14-6-4-3-5-7-14/h3-11,17-20,22-24,26H,2,12-13H2,1H3/t17-,18-,19+,20-,22?/m1/s1. The van der Waals surface area contributed by atoms with Crippen LogP contribution < -0.4 is 4.74 Å². The van der Waals surface area contributed by atoms with E-state index in [1.165, 1.54) is 0 Å². The molecule has 8 heteroatoms. The van der Waals surface area contributed by atoms with Gasteiger partial charge >= 0.3 is 5.97 Å². The highest BCUT2D eigenvalue weighted by atomic mass is 16.7. The molecule has 0 aromatic heterocycles. The quantitative estimate of drug-likeness (QED) is 0.549. The lowest BCUT2D eigenvalue weighted by atomic mass is 9.99. The average molecular weight is 418 g/mol. The van der Waals surface area contributed by atoms with Crippen LogP contribution in [-0.2, 0) is 20.8 Å². The first-order chi connectivity index (χ1) is 14.5. The predicted molar refractivity (Wildman–Crippen MR) is 106 cm³/mol. The summed E-state index contributed by atoms with van der Waals surface area (Å²) in [5, 5.41) is 30.2. The van der Waals surface area contributed by atoms with Gasteiger partial charge in [-0.3, -0.25) is 0 Å². The van der Waals surface area contributed by atoms with E-state index in [-0.39, 0.29) is 13.2 Å². The first-order valence-electron chi connectivity index (χ1n) is 9.74. The topological polar surface area (TPSA) is 115 Å². The van der Waals surface area contributed by atoms with E-state index in [0.717, 1.165) is 5.56 Å². The first-order valence-corrected chi connectivity index (χ1v) is 9.74. The third-order valence-corrected chi connectivity index (χ3v) is 4.74. The number of hydrogen-bond acceptors (Lipinski definition) is 8. The van der Waals surface area contributed by atoms with Gasteiger partial charge in [0.05, 0.1) is 5.56 Å². The van der Waals surface area contributed by atoms with Crippen molar-refractivity contribution in [1.82, 2.24) is 0 Å². The van der Waals surface area contributed by atoms with Crippen LogP contribution in [0.15, 0.2) is 54.6 Å². The fourth-order valence-corrected chi connectivity index (χ4v) is 3.10. The maximum atomic E-state index is 12.3. The molecule has 0 aliphatic carbocycles. The number of ether oxygens (including phenoxy) is 4. The van der Waals surface area contributed by atoms with Gasteiger partial charge in [-0.25, -0.2) is 4.79 Å². The number of benzene rings is 2. The smallest absolute Gasteiger partial charge is 0.338 e. The molecular weight excluding hydrogens is 392 g/mol. The Hall–Kier alpha value is -2.49. The van der Waals surface area contributed by atoms with Crippen LogP contribution in [0.4, 0.5) is 0 Å². The summed E-state index contributed by atoms with van der Waals surface area (Å²) in [5.41, 5.74) is 1.32. The van der Waals surface area contributed by atoms with Gasteiger partial charge in [-0.2, -0.15) is 0 Å². The molecule has 3 rings (SSSR count). The van der Waals surface area contributed by atoms with Crippen molar-refractivity contribution in [3.8, 4) is 5.75 Å². The van der Waals surface area contributed by atoms with Crippen molar-refractivity contribution in [3.05, 3.63) is 65.7 Å². The van der Waals surface area contributed by atoms with E-state index in [1.807, 2.05) is 30.3 Å². The van der Waals surface area contributed by atoms with Crippen LogP contribution in [0.1, 0.15) is 22.8 Å².